The number of aryl methyl sites for hydroxylation is 1. The van der Waals surface area contributed by atoms with E-state index in [1.54, 1.807) is 24.3 Å². The standard InChI is InChI=1S/C20H21N3O5/c24-18(11-10-15-6-2-1-3-7-15)21-13-19(25)23-22-12-16-8-4-5-9-17(16)28-14-20(26)27/h1-9,12H,10-11,13-14H2,(H,21,24)(H,23,25)(H,26,27)/b22-12-. The third-order valence-electron chi connectivity index (χ3n) is 3.59. The van der Waals surface area contributed by atoms with E-state index in [0.717, 1.165) is 5.56 Å². The molecule has 146 valence electrons. The van der Waals surface area contributed by atoms with Crippen LogP contribution in [0.25, 0.3) is 0 Å². The van der Waals surface area contributed by atoms with Gasteiger partial charge in [-0.3, -0.25) is 9.59 Å². The molecule has 2 amide bonds. The summed E-state index contributed by atoms with van der Waals surface area (Å²) in [5, 5.41) is 15.0. The molecule has 0 aliphatic carbocycles. The number of carbonyl (C=O) groups excluding carboxylic acids is 2. The number of hydrazone groups is 1. The van der Waals surface area contributed by atoms with Gasteiger partial charge in [-0.25, -0.2) is 10.2 Å². The maximum Gasteiger partial charge on any atom is 0.341 e. The Morgan fingerprint density at radius 2 is 1.71 bits per heavy atom. The van der Waals surface area contributed by atoms with Gasteiger partial charge in [0.05, 0.1) is 12.8 Å². The predicted molar refractivity (Wildman–Crippen MR) is 103 cm³/mol. The lowest BCUT2D eigenvalue weighted by molar-refractivity contribution is -0.139. The molecule has 0 aliphatic heterocycles. The first kappa shape index (κ1) is 20.6. The molecule has 2 aromatic carbocycles. The van der Waals surface area contributed by atoms with Gasteiger partial charge in [0.25, 0.3) is 5.91 Å². The number of hydrogen-bond donors (Lipinski definition) is 3. The van der Waals surface area contributed by atoms with Crippen LogP contribution in [0.3, 0.4) is 0 Å². The van der Waals surface area contributed by atoms with Gasteiger partial charge in [-0.05, 0) is 24.1 Å². The van der Waals surface area contributed by atoms with E-state index >= 15 is 0 Å². The van der Waals surface area contributed by atoms with Crippen LogP contribution in [0.2, 0.25) is 0 Å². The van der Waals surface area contributed by atoms with Gasteiger partial charge in [0.15, 0.2) is 6.61 Å². The average Bonchev–Trinajstić information content (AvgIpc) is 2.70. The van der Waals surface area contributed by atoms with Crippen LogP contribution < -0.4 is 15.5 Å². The fourth-order valence-corrected chi connectivity index (χ4v) is 2.24. The number of ether oxygens (including phenoxy) is 1. The molecule has 2 aromatic rings. The van der Waals surface area contributed by atoms with Gasteiger partial charge < -0.3 is 15.2 Å². The highest BCUT2D eigenvalue weighted by molar-refractivity contribution is 5.87. The van der Waals surface area contributed by atoms with Gasteiger partial charge in [-0.2, -0.15) is 5.10 Å². The molecule has 0 unspecified atom stereocenters. The number of para-hydroxylation sites is 1. The second kappa shape index (κ2) is 11.1. The molecule has 2 rings (SSSR count). The van der Waals surface area contributed by atoms with Crippen molar-refractivity contribution >= 4 is 24.0 Å². The van der Waals surface area contributed by atoms with Gasteiger partial charge in [0.2, 0.25) is 5.91 Å². The zero-order valence-electron chi connectivity index (χ0n) is 15.1. The van der Waals surface area contributed by atoms with Crippen molar-refractivity contribution in [2.75, 3.05) is 13.2 Å². The van der Waals surface area contributed by atoms with Crippen molar-refractivity contribution < 1.29 is 24.2 Å². The first-order chi connectivity index (χ1) is 13.5. The van der Waals surface area contributed by atoms with Crippen molar-refractivity contribution in [3.63, 3.8) is 0 Å². The van der Waals surface area contributed by atoms with Crippen molar-refractivity contribution in [1.82, 2.24) is 10.7 Å². The Hall–Kier alpha value is -3.68. The Kier molecular flexibility index (Phi) is 8.19. The third-order valence-corrected chi connectivity index (χ3v) is 3.59. The minimum Gasteiger partial charge on any atom is -0.481 e. The lowest BCUT2D eigenvalue weighted by Crippen LogP contribution is -2.35. The summed E-state index contributed by atoms with van der Waals surface area (Å²) < 4.78 is 5.14. The maximum atomic E-state index is 11.8. The minimum absolute atomic E-state index is 0.192. The van der Waals surface area contributed by atoms with Gasteiger partial charge in [-0.15, -0.1) is 0 Å². The van der Waals surface area contributed by atoms with Gasteiger partial charge in [-0.1, -0.05) is 42.5 Å². The Bertz CT molecular complexity index is 837. The third kappa shape index (κ3) is 7.69. The maximum absolute atomic E-state index is 11.8. The van der Waals surface area contributed by atoms with E-state index in [2.05, 4.69) is 15.8 Å². The summed E-state index contributed by atoms with van der Waals surface area (Å²) in [7, 11) is 0. The first-order valence-corrected chi connectivity index (χ1v) is 8.61. The number of carboxylic acid groups (broad SMARTS) is 1. The van der Waals surface area contributed by atoms with Crippen molar-refractivity contribution in [2.24, 2.45) is 5.10 Å². The normalized spacial score (nSPS) is 10.4. The zero-order valence-corrected chi connectivity index (χ0v) is 15.1. The Balaban J connectivity index is 1.73. The molecule has 0 aromatic heterocycles. The number of carboxylic acids is 1. The van der Waals surface area contributed by atoms with E-state index in [1.165, 1.54) is 6.21 Å². The van der Waals surface area contributed by atoms with E-state index < -0.39 is 18.5 Å². The van der Waals surface area contributed by atoms with Crippen molar-refractivity contribution in [1.29, 1.82) is 0 Å². The van der Waals surface area contributed by atoms with E-state index in [-0.39, 0.29) is 18.9 Å². The van der Waals surface area contributed by atoms with Crippen molar-refractivity contribution in [3.8, 4) is 5.75 Å². The fourth-order valence-electron chi connectivity index (χ4n) is 2.24. The number of benzene rings is 2. The molecular weight excluding hydrogens is 362 g/mol. The summed E-state index contributed by atoms with van der Waals surface area (Å²) in [6.45, 7) is -0.672. The molecule has 3 N–H and O–H groups in total. The molecule has 0 aliphatic rings. The summed E-state index contributed by atoms with van der Waals surface area (Å²) in [4.78, 5) is 34.1. The number of aliphatic carboxylic acids is 1. The summed E-state index contributed by atoms with van der Waals surface area (Å²) in [5.74, 6) is -1.47. The topological polar surface area (TPSA) is 117 Å². The van der Waals surface area contributed by atoms with Crippen LogP contribution in [-0.4, -0.2) is 42.3 Å². The second-order valence-corrected chi connectivity index (χ2v) is 5.78. The highest BCUT2D eigenvalue weighted by Gasteiger charge is 2.06. The van der Waals surface area contributed by atoms with E-state index in [4.69, 9.17) is 9.84 Å². The molecule has 0 saturated heterocycles. The summed E-state index contributed by atoms with van der Waals surface area (Å²) in [6, 6.07) is 16.3. The largest absolute Gasteiger partial charge is 0.481 e. The monoisotopic (exact) mass is 383 g/mol. The van der Waals surface area contributed by atoms with E-state index in [9.17, 15) is 14.4 Å². The van der Waals surface area contributed by atoms with Gasteiger partial charge in [0, 0.05) is 12.0 Å². The minimum atomic E-state index is -1.09. The van der Waals surface area contributed by atoms with Crippen LogP contribution in [0.5, 0.6) is 5.75 Å². The SMILES string of the molecule is O=C(O)COc1ccccc1/C=N\NC(=O)CNC(=O)CCc1ccccc1. The first-order valence-electron chi connectivity index (χ1n) is 8.61. The van der Waals surface area contributed by atoms with Crippen molar-refractivity contribution in [2.45, 2.75) is 12.8 Å². The highest BCUT2D eigenvalue weighted by Crippen LogP contribution is 2.15. The molecule has 0 atom stereocenters. The number of hydrogen-bond acceptors (Lipinski definition) is 5. The number of rotatable bonds is 10. The van der Waals surface area contributed by atoms with Crippen LogP contribution in [0.15, 0.2) is 59.7 Å². The quantitative estimate of drug-likeness (QED) is 0.423. The predicted octanol–water partition coefficient (Wildman–Crippen LogP) is 1.35. The Morgan fingerprint density at radius 3 is 2.46 bits per heavy atom. The molecule has 0 spiro atoms. The fraction of sp³-hybridized carbons (Fsp3) is 0.200. The van der Waals surface area contributed by atoms with Crippen LogP contribution in [0.1, 0.15) is 17.5 Å². The van der Waals surface area contributed by atoms with E-state index in [1.807, 2.05) is 30.3 Å². The lowest BCUT2D eigenvalue weighted by Gasteiger charge is -2.06. The number of nitrogens with zero attached hydrogens (tertiary/aromatic N) is 1. The van der Waals surface area contributed by atoms with Crippen LogP contribution in [-0.2, 0) is 20.8 Å². The molecule has 0 heterocycles. The molecule has 0 fully saturated rings. The molecule has 8 nitrogen and oxygen atoms in total. The zero-order chi connectivity index (χ0) is 20.2. The number of carbonyl (C=O) groups is 3. The molecule has 8 heteroatoms. The van der Waals surface area contributed by atoms with Crippen LogP contribution in [0.4, 0.5) is 0 Å². The number of nitrogens with one attached hydrogen (secondary N) is 2. The van der Waals surface area contributed by atoms with Crippen LogP contribution >= 0.6 is 0 Å². The van der Waals surface area contributed by atoms with Crippen molar-refractivity contribution in [3.05, 3.63) is 65.7 Å². The van der Waals surface area contributed by atoms with Crippen LogP contribution in [0, 0.1) is 0 Å². The van der Waals surface area contributed by atoms with Gasteiger partial charge in [0.1, 0.15) is 5.75 Å². The molecule has 0 saturated carbocycles. The summed E-state index contributed by atoms with van der Waals surface area (Å²) in [5.41, 5.74) is 3.86. The summed E-state index contributed by atoms with van der Waals surface area (Å²) >= 11 is 0. The molecule has 28 heavy (non-hydrogen) atoms. The highest BCUT2D eigenvalue weighted by atomic mass is 16.5. The van der Waals surface area contributed by atoms with E-state index in [0.29, 0.717) is 17.7 Å². The Labute approximate surface area is 162 Å². The molecular formula is C20H21N3O5. The smallest absolute Gasteiger partial charge is 0.341 e. The average molecular weight is 383 g/mol. The molecule has 0 radical (unpaired) electrons. The van der Waals surface area contributed by atoms with Gasteiger partial charge >= 0.3 is 5.97 Å². The number of amides is 2. The molecule has 0 bridgehead atoms. The second-order valence-electron chi connectivity index (χ2n) is 5.78. The lowest BCUT2D eigenvalue weighted by atomic mass is 10.1. The summed E-state index contributed by atoms with van der Waals surface area (Å²) in [6.07, 6.45) is 2.22. The Morgan fingerprint density at radius 1 is 1.00 bits per heavy atom.